The van der Waals surface area contributed by atoms with Gasteiger partial charge in [0.2, 0.25) is 10.0 Å². The standard InChI is InChI=1S/C20H19ClN4O3S/c1-14-7-9-17(10-8-14)25(29(2,27)28)13-19(26)24-22-12-16-11-15-5-3-4-6-18(15)23-20(16)21/h3-12H,13H2,1-2H3,(H,24,26)/b22-12-. The summed E-state index contributed by atoms with van der Waals surface area (Å²) < 4.78 is 25.2. The number of rotatable bonds is 6. The molecule has 150 valence electrons. The normalized spacial score (nSPS) is 11.7. The highest BCUT2D eigenvalue weighted by Gasteiger charge is 2.20. The van der Waals surface area contributed by atoms with Gasteiger partial charge in [0, 0.05) is 10.9 Å². The van der Waals surface area contributed by atoms with Crippen LogP contribution in [0.4, 0.5) is 5.69 Å². The second kappa shape index (κ2) is 8.59. The number of halogens is 1. The summed E-state index contributed by atoms with van der Waals surface area (Å²) in [5.41, 5.74) is 5.00. The Labute approximate surface area is 174 Å². The van der Waals surface area contributed by atoms with Crippen molar-refractivity contribution in [2.45, 2.75) is 6.92 Å². The summed E-state index contributed by atoms with van der Waals surface area (Å²) in [6.45, 7) is 1.49. The van der Waals surface area contributed by atoms with Gasteiger partial charge in [0.15, 0.2) is 0 Å². The first-order valence-corrected chi connectivity index (χ1v) is 10.9. The van der Waals surface area contributed by atoms with Gasteiger partial charge in [0.25, 0.3) is 5.91 Å². The van der Waals surface area contributed by atoms with E-state index in [-0.39, 0.29) is 5.15 Å². The highest BCUT2D eigenvalue weighted by Crippen LogP contribution is 2.19. The van der Waals surface area contributed by atoms with Crippen LogP contribution in [-0.4, -0.2) is 38.3 Å². The molecule has 0 bridgehead atoms. The van der Waals surface area contributed by atoms with E-state index < -0.39 is 22.5 Å². The van der Waals surface area contributed by atoms with E-state index in [4.69, 9.17) is 11.6 Å². The summed E-state index contributed by atoms with van der Waals surface area (Å²) in [4.78, 5) is 16.5. The van der Waals surface area contributed by atoms with Crippen LogP contribution in [0.25, 0.3) is 10.9 Å². The van der Waals surface area contributed by atoms with Gasteiger partial charge in [-0.1, -0.05) is 47.5 Å². The number of hydrogen-bond acceptors (Lipinski definition) is 5. The van der Waals surface area contributed by atoms with E-state index in [0.29, 0.717) is 11.3 Å². The first-order chi connectivity index (χ1) is 13.7. The predicted octanol–water partition coefficient (Wildman–Crippen LogP) is 3.11. The fourth-order valence-corrected chi connectivity index (χ4v) is 3.70. The predicted molar refractivity (Wildman–Crippen MR) is 116 cm³/mol. The molecule has 0 fully saturated rings. The third-order valence-corrected chi connectivity index (χ3v) is 5.55. The first kappa shape index (κ1) is 20.8. The minimum absolute atomic E-state index is 0.249. The van der Waals surface area contributed by atoms with Crippen molar-refractivity contribution in [2.24, 2.45) is 5.10 Å². The molecule has 0 atom stereocenters. The number of fused-ring (bicyclic) bond motifs is 1. The fraction of sp³-hybridized carbons (Fsp3) is 0.150. The minimum atomic E-state index is -3.64. The second-order valence-electron chi connectivity index (χ2n) is 6.46. The Hall–Kier alpha value is -2.97. The third-order valence-electron chi connectivity index (χ3n) is 4.11. The van der Waals surface area contributed by atoms with E-state index in [1.807, 2.05) is 31.2 Å². The van der Waals surface area contributed by atoms with Crippen molar-refractivity contribution in [3.8, 4) is 0 Å². The molecule has 0 saturated heterocycles. The Morgan fingerprint density at radius 3 is 2.59 bits per heavy atom. The van der Waals surface area contributed by atoms with Crippen LogP contribution in [0, 0.1) is 6.92 Å². The number of hydrogen-bond donors (Lipinski definition) is 1. The van der Waals surface area contributed by atoms with Crippen molar-refractivity contribution in [1.29, 1.82) is 0 Å². The van der Waals surface area contributed by atoms with Gasteiger partial charge in [-0.15, -0.1) is 0 Å². The van der Waals surface area contributed by atoms with Gasteiger partial charge >= 0.3 is 0 Å². The molecule has 1 heterocycles. The van der Waals surface area contributed by atoms with E-state index in [9.17, 15) is 13.2 Å². The maximum Gasteiger partial charge on any atom is 0.260 e. The van der Waals surface area contributed by atoms with Crippen molar-refractivity contribution >= 4 is 50.3 Å². The van der Waals surface area contributed by atoms with E-state index in [1.54, 1.807) is 30.3 Å². The number of anilines is 1. The number of sulfonamides is 1. The van der Waals surface area contributed by atoms with Gasteiger partial charge in [-0.05, 0) is 31.2 Å². The molecule has 1 N–H and O–H groups in total. The maximum absolute atomic E-state index is 12.2. The van der Waals surface area contributed by atoms with Crippen LogP contribution >= 0.6 is 11.6 Å². The largest absolute Gasteiger partial charge is 0.271 e. The third kappa shape index (κ3) is 5.30. The zero-order valence-corrected chi connectivity index (χ0v) is 17.4. The fourth-order valence-electron chi connectivity index (χ4n) is 2.65. The highest BCUT2D eigenvalue weighted by molar-refractivity contribution is 7.92. The second-order valence-corrected chi connectivity index (χ2v) is 8.72. The summed E-state index contributed by atoms with van der Waals surface area (Å²) in [5, 5.41) is 5.01. The van der Waals surface area contributed by atoms with Crippen LogP contribution in [0.2, 0.25) is 5.15 Å². The summed E-state index contributed by atoms with van der Waals surface area (Å²) in [7, 11) is -3.64. The SMILES string of the molecule is Cc1ccc(N(CC(=O)N/N=C\c2cc3ccccc3nc2Cl)S(C)(=O)=O)cc1. The summed E-state index contributed by atoms with van der Waals surface area (Å²) >= 11 is 6.15. The molecule has 1 aromatic heterocycles. The Balaban J connectivity index is 1.72. The van der Waals surface area contributed by atoms with Crippen molar-refractivity contribution < 1.29 is 13.2 Å². The number of carbonyl (C=O) groups is 1. The molecular formula is C20H19ClN4O3S. The van der Waals surface area contributed by atoms with Gasteiger partial charge in [0.05, 0.1) is 23.7 Å². The molecule has 2 aromatic carbocycles. The lowest BCUT2D eigenvalue weighted by Crippen LogP contribution is -2.39. The number of amides is 1. The van der Waals surface area contributed by atoms with E-state index in [0.717, 1.165) is 27.0 Å². The molecule has 0 radical (unpaired) electrons. The topological polar surface area (TPSA) is 91.7 Å². The molecule has 9 heteroatoms. The lowest BCUT2D eigenvalue weighted by molar-refractivity contribution is -0.119. The molecule has 7 nitrogen and oxygen atoms in total. The summed E-state index contributed by atoms with van der Waals surface area (Å²) in [5.74, 6) is -0.586. The molecule has 0 saturated carbocycles. The van der Waals surface area contributed by atoms with Gasteiger partial charge < -0.3 is 0 Å². The summed E-state index contributed by atoms with van der Waals surface area (Å²) in [6.07, 6.45) is 2.42. The molecule has 0 aliphatic rings. The molecule has 3 rings (SSSR count). The number of nitrogens with zero attached hydrogens (tertiary/aromatic N) is 3. The Bertz CT molecular complexity index is 1180. The smallest absolute Gasteiger partial charge is 0.260 e. The molecule has 0 aliphatic carbocycles. The van der Waals surface area contributed by atoms with Crippen LogP contribution in [0.1, 0.15) is 11.1 Å². The average molecular weight is 431 g/mol. The molecule has 1 amide bonds. The minimum Gasteiger partial charge on any atom is -0.271 e. The van der Waals surface area contributed by atoms with Crippen LogP contribution < -0.4 is 9.73 Å². The quantitative estimate of drug-likeness (QED) is 0.369. The van der Waals surface area contributed by atoms with Crippen molar-refractivity contribution in [3.63, 3.8) is 0 Å². The Morgan fingerprint density at radius 1 is 1.21 bits per heavy atom. The van der Waals surface area contributed by atoms with Crippen molar-refractivity contribution in [2.75, 3.05) is 17.1 Å². The van der Waals surface area contributed by atoms with Gasteiger partial charge in [-0.2, -0.15) is 5.10 Å². The number of nitrogens with one attached hydrogen (secondary N) is 1. The zero-order chi connectivity index (χ0) is 21.0. The van der Waals surface area contributed by atoms with Crippen LogP contribution in [0.5, 0.6) is 0 Å². The molecular weight excluding hydrogens is 412 g/mol. The van der Waals surface area contributed by atoms with Gasteiger partial charge in [0.1, 0.15) is 11.7 Å². The highest BCUT2D eigenvalue weighted by atomic mass is 35.5. The maximum atomic E-state index is 12.2. The lowest BCUT2D eigenvalue weighted by atomic mass is 10.2. The molecule has 0 spiro atoms. The van der Waals surface area contributed by atoms with Crippen LogP contribution in [0.3, 0.4) is 0 Å². The van der Waals surface area contributed by atoms with Crippen LogP contribution in [-0.2, 0) is 14.8 Å². The van der Waals surface area contributed by atoms with E-state index >= 15 is 0 Å². The number of pyridine rings is 1. The summed E-state index contributed by atoms with van der Waals surface area (Å²) in [6, 6.07) is 16.1. The van der Waals surface area contributed by atoms with E-state index in [1.165, 1.54) is 6.21 Å². The van der Waals surface area contributed by atoms with Gasteiger partial charge in [-0.3, -0.25) is 9.10 Å². The molecule has 3 aromatic rings. The van der Waals surface area contributed by atoms with E-state index in [2.05, 4.69) is 15.5 Å². The van der Waals surface area contributed by atoms with Crippen LogP contribution in [0.15, 0.2) is 59.7 Å². The molecule has 0 aliphatic heterocycles. The Kier molecular flexibility index (Phi) is 6.14. The van der Waals surface area contributed by atoms with Crippen molar-refractivity contribution in [3.05, 3.63) is 70.9 Å². The number of benzene rings is 2. The number of hydrazone groups is 1. The van der Waals surface area contributed by atoms with Crippen molar-refractivity contribution in [1.82, 2.24) is 10.4 Å². The number of aromatic nitrogens is 1. The lowest BCUT2D eigenvalue weighted by Gasteiger charge is -2.21. The number of aryl methyl sites for hydroxylation is 1. The average Bonchev–Trinajstić information content (AvgIpc) is 2.66. The molecule has 0 unspecified atom stereocenters. The van der Waals surface area contributed by atoms with Gasteiger partial charge in [-0.25, -0.2) is 18.8 Å². The first-order valence-electron chi connectivity index (χ1n) is 8.65. The number of carbonyl (C=O) groups excluding carboxylic acids is 1. The monoisotopic (exact) mass is 430 g/mol. The zero-order valence-electron chi connectivity index (χ0n) is 15.8. The molecule has 29 heavy (non-hydrogen) atoms. The Morgan fingerprint density at radius 2 is 1.90 bits per heavy atom. The number of para-hydroxylation sites is 1.